The van der Waals surface area contributed by atoms with Crippen molar-refractivity contribution < 1.29 is 9.59 Å². The van der Waals surface area contributed by atoms with Crippen LogP contribution < -0.4 is 10.6 Å². The average Bonchev–Trinajstić information content (AvgIpc) is 3.75. The van der Waals surface area contributed by atoms with Crippen LogP contribution in [0.2, 0.25) is 0 Å². The molecule has 0 fully saturated rings. The third-order valence-electron chi connectivity index (χ3n) is 11.2. The van der Waals surface area contributed by atoms with Gasteiger partial charge in [0.1, 0.15) is 0 Å². The lowest BCUT2D eigenvalue weighted by Crippen LogP contribution is -2.50. The number of nitrogens with zero attached hydrogens (tertiary/aromatic N) is 5. The van der Waals surface area contributed by atoms with Gasteiger partial charge in [0.05, 0.1) is 0 Å². The van der Waals surface area contributed by atoms with Gasteiger partial charge in [0.15, 0.2) is 11.5 Å². The molecule has 0 aliphatic heterocycles. The summed E-state index contributed by atoms with van der Waals surface area (Å²) in [6.07, 6.45) is 7.81. The molecule has 3 N–H and O–H groups in total. The molecule has 302 valence electrons. The number of hydrogen-bond acceptors (Lipinski definition) is 6. The van der Waals surface area contributed by atoms with E-state index in [1.54, 1.807) is 0 Å². The van der Waals surface area contributed by atoms with Crippen LogP contribution in [-0.4, -0.2) is 73.1 Å². The molecule has 0 bridgehead atoms. The molecule has 10 heteroatoms. The number of aryl methyl sites for hydroxylation is 1. The van der Waals surface area contributed by atoms with E-state index in [1.165, 1.54) is 0 Å². The van der Waals surface area contributed by atoms with Crippen molar-refractivity contribution >= 4 is 34.5 Å². The molecule has 2 heterocycles. The Morgan fingerprint density at radius 3 is 1.67 bits per heavy atom. The molecular weight excluding hydrogens is 685 g/mol. The Bertz CT molecular complexity index is 1810. The highest BCUT2D eigenvalue weighted by Gasteiger charge is 2.43. The van der Waals surface area contributed by atoms with Gasteiger partial charge in [-0.3, -0.25) is 14.7 Å². The maximum Gasteiger partial charge on any atom is 0.253 e. The lowest BCUT2D eigenvalue weighted by Gasteiger charge is -2.42. The van der Waals surface area contributed by atoms with Gasteiger partial charge in [-0.15, -0.1) is 10.2 Å². The summed E-state index contributed by atoms with van der Waals surface area (Å²) in [6.45, 7) is 28.8. The fourth-order valence-electron chi connectivity index (χ4n) is 6.68. The number of carbonyl (C=O) groups excluding carboxylic acids is 2. The standard InChI is InChI=1S/C45H70N8O2/c1-13-17-23-51(24-18-14-2)40(54)33-27-34(41(55)52(25-19-15-3)26-20-16-4)29-36(28-33)46-35-22-21-32(5)37(30-35)47-45(11,12)44(9,10)42-49-48-39-31-38(43(6,7)8)50-53(39)42/h21-22,27-31,46-47,50H,13-20,23-26H2,1-12H3. The number of H-pyrrole nitrogens is 1. The molecule has 55 heavy (non-hydrogen) atoms. The number of anilines is 3. The molecule has 2 aromatic heterocycles. The first-order valence-electron chi connectivity index (χ1n) is 20.8. The highest BCUT2D eigenvalue weighted by Crippen LogP contribution is 2.38. The zero-order chi connectivity index (χ0) is 40.6. The monoisotopic (exact) mass is 755 g/mol. The molecule has 0 aliphatic rings. The smallest absolute Gasteiger partial charge is 0.253 e. The second-order valence-corrected chi connectivity index (χ2v) is 17.5. The summed E-state index contributed by atoms with van der Waals surface area (Å²) in [7, 11) is 0. The van der Waals surface area contributed by atoms with Crippen molar-refractivity contribution in [2.75, 3.05) is 36.8 Å². The van der Waals surface area contributed by atoms with Crippen LogP contribution in [0.15, 0.2) is 42.5 Å². The van der Waals surface area contributed by atoms with E-state index >= 15 is 0 Å². The number of fused-ring (bicyclic) bond motifs is 1. The van der Waals surface area contributed by atoms with Crippen LogP contribution in [-0.2, 0) is 10.8 Å². The number of rotatable bonds is 20. The van der Waals surface area contributed by atoms with E-state index in [0.717, 1.165) is 85.5 Å². The zero-order valence-electron chi connectivity index (χ0n) is 36.1. The largest absolute Gasteiger partial charge is 0.379 e. The third kappa shape index (κ3) is 10.5. The molecular formula is C45H70N8O2. The number of amides is 2. The SMILES string of the molecule is CCCCN(CCCC)C(=O)c1cc(Nc2ccc(C)c(NC(C)(C)C(C)(C)c3nnc4cc(C(C)(C)C)[nH]n34)c2)cc(C(=O)N(CCCC)CCCC)c1. The van der Waals surface area contributed by atoms with Crippen LogP contribution in [0.5, 0.6) is 0 Å². The number of aromatic nitrogens is 4. The van der Waals surface area contributed by atoms with E-state index in [0.29, 0.717) is 43.0 Å². The number of unbranched alkanes of at least 4 members (excludes halogenated alkanes) is 4. The summed E-state index contributed by atoms with van der Waals surface area (Å²) in [5, 5.41) is 20.2. The zero-order valence-corrected chi connectivity index (χ0v) is 36.1. The highest BCUT2D eigenvalue weighted by molar-refractivity contribution is 6.01. The summed E-state index contributed by atoms with van der Waals surface area (Å²) >= 11 is 0. The fraction of sp³-hybridized carbons (Fsp3) is 0.600. The molecule has 0 aliphatic carbocycles. The van der Waals surface area contributed by atoms with Gasteiger partial charge in [0.2, 0.25) is 0 Å². The van der Waals surface area contributed by atoms with E-state index < -0.39 is 11.0 Å². The third-order valence-corrected chi connectivity index (χ3v) is 11.2. The first kappa shape index (κ1) is 43.4. The summed E-state index contributed by atoms with van der Waals surface area (Å²) in [6, 6.07) is 14.0. The number of hydrogen-bond donors (Lipinski definition) is 3. The van der Waals surface area contributed by atoms with Gasteiger partial charge in [-0.2, -0.15) is 0 Å². The van der Waals surface area contributed by atoms with E-state index in [4.69, 9.17) is 0 Å². The van der Waals surface area contributed by atoms with Crippen molar-refractivity contribution in [1.29, 1.82) is 0 Å². The molecule has 0 unspecified atom stereocenters. The molecule has 0 radical (unpaired) electrons. The summed E-state index contributed by atoms with van der Waals surface area (Å²) < 4.78 is 2.01. The van der Waals surface area contributed by atoms with Crippen molar-refractivity contribution in [3.63, 3.8) is 0 Å². The average molecular weight is 755 g/mol. The Morgan fingerprint density at radius 2 is 1.20 bits per heavy atom. The van der Waals surface area contributed by atoms with Crippen molar-refractivity contribution in [3.8, 4) is 0 Å². The summed E-state index contributed by atoms with van der Waals surface area (Å²) in [5.74, 6) is 0.797. The van der Waals surface area contributed by atoms with Gasteiger partial charge >= 0.3 is 0 Å². The van der Waals surface area contributed by atoms with E-state index in [2.05, 4.69) is 127 Å². The van der Waals surface area contributed by atoms with Gasteiger partial charge < -0.3 is 20.4 Å². The molecule has 10 nitrogen and oxygen atoms in total. The molecule has 4 aromatic rings. The Kier molecular flexibility index (Phi) is 14.6. The van der Waals surface area contributed by atoms with Crippen molar-refractivity contribution in [2.24, 2.45) is 0 Å². The summed E-state index contributed by atoms with van der Waals surface area (Å²) in [4.78, 5) is 32.3. The second kappa shape index (κ2) is 18.5. The normalized spacial score (nSPS) is 12.3. The predicted molar refractivity (Wildman–Crippen MR) is 229 cm³/mol. The molecule has 0 spiro atoms. The lowest BCUT2D eigenvalue weighted by molar-refractivity contribution is 0.0749. The van der Waals surface area contributed by atoms with Gasteiger partial charge in [-0.1, -0.05) is 94.1 Å². The minimum atomic E-state index is -0.459. The maximum absolute atomic E-state index is 14.2. The maximum atomic E-state index is 14.2. The van der Waals surface area contributed by atoms with Crippen LogP contribution in [0.1, 0.15) is 165 Å². The van der Waals surface area contributed by atoms with Gasteiger partial charge in [0.25, 0.3) is 11.8 Å². The molecule has 4 rings (SSSR count). The van der Waals surface area contributed by atoms with E-state index in [9.17, 15) is 9.59 Å². The Balaban J connectivity index is 1.70. The molecule has 2 amide bonds. The molecule has 0 saturated carbocycles. The first-order chi connectivity index (χ1) is 26.0. The van der Waals surface area contributed by atoms with Crippen molar-refractivity contribution in [1.82, 2.24) is 29.6 Å². The Hall–Kier alpha value is -4.34. The number of aromatic amines is 1. The number of carbonyl (C=O) groups is 2. The minimum absolute atomic E-state index is 0.0252. The van der Waals surface area contributed by atoms with Gasteiger partial charge in [0, 0.05) is 82.5 Å². The first-order valence-corrected chi connectivity index (χ1v) is 20.8. The van der Waals surface area contributed by atoms with E-state index in [-0.39, 0.29) is 17.2 Å². The topological polar surface area (TPSA) is 111 Å². The Morgan fingerprint density at radius 1 is 0.691 bits per heavy atom. The minimum Gasteiger partial charge on any atom is -0.379 e. The molecule has 0 saturated heterocycles. The predicted octanol–water partition coefficient (Wildman–Crippen LogP) is 10.7. The fourth-order valence-corrected chi connectivity index (χ4v) is 6.68. The van der Waals surface area contributed by atoms with Crippen LogP contribution in [0, 0.1) is 6.92 Å². The van der Waals surface area contributed by atoms with E-state index in [1.807, 2.05) is 38.6 Å². The molecule has 2 aromatic carbocycles. The van der Waals surface area contributed by atoms with Gasteiger partial charge in [-0.05, 0) is 82.3 Å². The number of benzene rings is 2. The lowest BCUT2D eigenvalue weighted by atomic mass is 9.73. The van der Waals surface area contributed by atoms with Crippen molar-refractivity contribution in [3.05, 3.63) is 70.7 Å². The quantitative estimate of drug-likeness (QED) is 0.0828. The van der Waals surface area contributed by atoms with Crippen LogP contribution >= 0.6 is 0 Å². The second-order valence-electron chi connectivity index (χ2n) is 17.5. The van der Waals surface area contributed by atoms with Crippen molar-refractivity contribution in [2.45, 2.75) is 151 Å². The number of nitrogens with one attached hydrogen (secondary N) is 3. The highest BCUT2D eigenvalue weighted by atomic mass is 16.2. The van der Waals surface area contributed by atoms with Crippen LogP contribution in [0.3, 0.4) is 0 Å². The van der Waals surface area contributed by atoms with Gasteiger partial charge in [-0.25, -0.2) is 4.52 Å². The van der Waals surface area contributed by atoms with Crippen LogP contribution in [0.4, 0.5) is 17.1 Å². The molecule has 0 atom stereocenters. The summed E-state index contributed by atoms with van der Waals surface area (Å²) in [5.41, 5.74) is 5.69. The van der Waals surface area contributed by atoms with Crippen LogP contribution in [0.25, 0.3) is 5.65 Å². The Labute approximate surface area is 331 Å².